The topological polar surface area (TPSA) is 131 Å². The second-order valence-electron chi connectivity index (χ2n) is 8.42. The van der Waals surface area contributed by atoms with Crippen molar-refractivity contribution in [3.8, 4) is 11.4 Å². The molecule has 0 saturated heterocycles. The molecule has 10 nitrogen and oxygen atoms in total. The van der Waals surface area contributed by atoms with Crippen LogP contribution in [0.1, 0.15) is 27.2 Å². The summed E-state index contributed by atoms with van der Waals surface area (Å²) in [6.45, 7) is 0. The Bertz CT molecular complexity index is 1730. The molecule has 0 atom stereocenters. The molecule has 0 spiro atoms. The lowest BCUT2D eigenvalue weighted by molar-refractivity contribution is 0.102. The standard InChI is InChI=1S/C24H23N5O5S2/c1-27-19(25)18(21(31)28(2)24(27)33)14(30)11-35-23-26-20-17(12-7-6-10-16(12)36-20)22(32)29(23)13-8-4-5-9-15(13)34-3/h4-5,8-9H,6-7,10-11,25H2,1-3H3. The molecule has 36 heavy (non-hydrogen) atoms. The molecule has 2 N–H and O–H groups in total. The molecule has 1 aromatic carbocycles. The molecule has 5 rings (SSSR count). The summed E-state index contributed by atoms with van der Waals surface area (Å²) >= 11 is 2.53. The van der Waals surface area contributed by atoms with E-state index >= 15 is 0 Å². The Labute approximate surface area is 213 Å². The van der Waals surface area contributed by atoms with E-state index in [4.69, 9.17) is 15.5 Å². The monoisotopic (exact) mass is 525 g/mol. The summed E-state index contributed by atoms with van der Waals surface area (Å²) in [5, 5.41) is 0.899. The van der Waals surface area contributed by atoms with Crippen molar-refractivity contribution < 1.29 is 9.53 Å². The number of aryl methyl sites for hydroxylation is 2. The van der Waals surface area contributed by atoms with Crippen LogP contribution in [0.4, 0.5) is 5.82 Å². The molecule has 0 fully saturated rings. The third-order valence-corrected chi connectivity index (χ3v) is 8.48. The van der Waals surface area contributed by atoms with Gasteiger partial charge >= 0.3 is 5.69 Å². The Morgan fingerprint density at radius 2 is 1.89 bits per heavy atom. The summed E-state index contributed by atoms with van der Waals surface area (Å²) in [4.78, 5) is 58.3. The van der Waals surface area contributed by atoms with Gasteiger partial charge in [0.2, 0.25) is 0 Å². The number of methoxy groups -OCH3 is 1. The molecule has 0 saturated carbocycles. The lowest BCUT2D eigenvalue weighted by atomic mass is 10.2. The second kappa shape index (κ2) is 9.10. The van der Waals surface area contributed by atoms with Crippen LogP contribution in [0.2, 0.25) is 0 Å². The SMILES string of the molecule is COc1ccccc1-n1c(SCC(=O)c2c(N)n(C)c(=O)n(C)c2=O)nc2sc3c(c2c1=O)CCC3. The maximum Gasteiger partial charge on any atom is 0.332 e. The Morgan fingerprint density at radius 3 is 2.64 bits per heavy atom. The molecule has 4 aromatic rings. The summed E-state index contributed by atoms with van der Waals surface area (Å²) < 4.78 is 8.87. The van der Waals surface area contributed by atoms with Gasteiger partial charge in [-0.15, -0.1) is 11.3 Å². The molecular formula is C24H23N5O5S2. The molecule has 1 aliphatic rings. The Morgan fingerprint density at radius 1 is 1.14 bits per heavy atom. The Balaban J connectivity index is 1.64. The number of thioether (sulfide) groups is 1. The van der Waals surface area contributed by atoms with Gasteiger partial charge in [0.25, 0.3) is 11.1 Å². The summed E-state index contributed by atoms with van der Waals surface area (Å²) in [5.41, 5.74) is 5.63. The summed E-state index contributed by atoms with van der Waals surface area (Å²) in [7, 11) is 4.21. The third kappa shape index (κ3) is 3.68. The number of fused-ring (bicyclic) bond motifs is 3. The highest BCUT2D eigenvalue weighted by molar-refractivity contribution is 7.99. The molecule has 12 heteroatoms. The fraction of sp³-hybridized carbons (Fsp3) is 0.292. The molecule has 186 valence electrons. The lowest BCUT2D eigenvalue weighted by Gasteiger charge is -2.15. The van der Waals surface area contributed by atoms with E-state index in [1.165, 1.54) is 42.0 Å². The first-order chi connectivity index (χ1) is 17.2. The number of ketones is 1. The third-order valence-electron chi connectivity index (χ3n) is 6.36. The van der Waals surface area contributed by atoms with Crippen LogP contribution in [-0.4, -0.2) is 37.3 Å². The van der Waals surface area contributed by atoms with E-state index in [9.17, 15) is 19.2 Å². The van der Waals surface area contributed by atoms with Crippen molar-refractivity contribution in [2.45, 2.75) is 24.4 Å². The van der Waals surface area contributed by atoms with Crippen LogP contribution >= 0.6 is 23.1 Å². The molecule has 0 aliphatic heterocycles. The molecule has 0 amide bonds. The van der Waals surface area contributed by atoms with Gasteiger partial charge < -0.3 is 10.5 Å². The van der Waals surface area contributed by atoms with Gasteiger partial charge in [0.05, 0.1) is 23.9 Å². The number of nitrogens with two attached hydrogens (primary N) is 1. The normalized spacial score (nSPS) is 12.8. The van der Waals surface area contributed by atoms with Crippen LogP contribution in [0.15, 0.2) is 43.8 Å². The molecule has 3 aromatic heterocycles. The number of thiophene rings is 1. The van der Waals surface area contributed by atoms with E-state index in [0.29, 0.717) is 26.8 Å². The average molecular weight is 526 g/mol. The minimum absolute atomic E-state index is 0.200. The maximum atomic E-state index is 13.9. The van der Waals surface area contributed by atoms with E-state index in [1.807, 2.05) is 0 Å². The number of carbonyl (C=O) groups is 1. The largest absolute Gasteiger partial charge is 0.495 e. The molecule has 0 bridgehead atoms. The first kappa shape index (κ1) is 24.1. The number of carbonyl (C=O) groups excluding carboxylic acids is 1. The van der Waals surface area contributed by atoms with Gasteiger partial charge in [-0.1, -0.05) is 23.9 Å². The molecular weight excluding hydrogens is 502 g/mol. The molecule has 0 unspecified atom stereocenters. The minimum atomic E-state index is -0.763. The van der Waals surface area contributed by atoms with Crippen LogP contribution in [0, 0.1) is 0 Å². The second-order valence-corrected chi connectivity index (χ2v) is 10.4. The Kier molecular flexibility index (Phi) is 6.08. The number of anilines is 1. The van der Waals surface area contributed by atoms with Crippen molar-refractivity contribution in [1.29, 1.82) is 0 Å². The smallest absolute Gasteiger partial charge is 0.332 e. The first-order valence-electron chi connectivity index (χ1n) is 11.2. The fourth-order valence-electron chi connectivity index (χ4n) is 4.47. The van der Waals surface area contributed by atoms with Gasteiger partial charge in [0.1, 0.15) is 22.0 Å². The van der Waals surface area contributed by atoms with Crippen molar-refractivity contribution >= 4 is 44.9 Å². The number of Topliss-reactive ketones (excluding diaryl/α,β-unsaturated/α-hetero) is 1. The van der Waals surface area contributed by atoms with E-state index in [-0.39, 0.29) is 22.7 Å². The summed E-state index contributed by atoms with van der Waals surface area (Å²) in [5.74, 6) is -0.496. The van der Waals surface area contributed by atoms with Gasteiger partial charge in [-0.2, -0.15) is 0 Å². The zero-order chi connectivity index (χ0) is 25.7. The summed E-state index contributed by atoms with van der Waals surface area (Å²) in [6.07, 6.45) is 2.76. The number of rotatable bonds is 6. The van der Waals surface area contributed by atoms with E-state index < -0.39 is 17.0 Å². The van der Waals surface area contributed by atoms with Crippen molar-refractivity contribution in [3.63, 3.8) is 0 Å². The molecule has 0 radical (unpaired) electrons. The number of aromatic nitrogens is 4. The van der Waals surface area contributed by atoms with Gasteiger partial charge in [0.15, 0.2) is 10.9 Å². The quantitative estimate of drug-likeness (QED) is 0.229. The number of nitrogens with zero attached hydrogens (tertiary/aromatic N) is 4. The van der Waals surface area contributed by atoms with Gasteiger partial charge in [0, 0.05) is 19.0 Å². The van der Waals surface area contributed by atoms with Crippen molar-refractivity contribution in [1.82, 2.24) is 18.7 Å². The minimum Gasteiger partial charge on any atom is -0.495 e. The number of hydrogen-bond donors (Lipinski definition) is 1. The van der Waals surface area contributed by atoms with Gasteiger partial charge in [-0.25, -0.2) is 9.78 Å². The van der Waals surface area contributed by atoms with E-state index in [0.717, 1.165) is 45.7 Å². The van der Waals surface area contributed by atoms with E-state index in [2.05, 4.69) is 0 Å². The zero-order valence-corrected chi connectivity index (χ0v) is 21.5. The maximum absolute atomic E-state index is 13.9. The van der Waals surface area contributed by atoms with Crippen LogP contribution in [0.5, 0.6) is 5.75 Å². The first-order valence-corrected chi connectivity index (χ1v) is 13.0. The summed E-state index contributed by atoms with van der Waals surface area (Å²) in [6, 6.07) is 7.10. The number of hydrogen-bond acceptors (Lipinski definition) is 9. The van der Waals surface area contributed by atoms with Gasteiger partial charge in [-0.05, 0) is 37.0 Å². The lowest BCUT2D eigenvalue weighted by Crippen LogP contribution is -2.41. The number of ether oxygens (including phenoxy) is 1. The fourth-order valence-corrected chi connectivity index (χ4v) is 6.65. The molecule has 3 heterocycles. The van der Waals surface area contributed by atoms with Crippen LogP contribution in [0.3, 0.4) is 0 Å². The highest BCUT2D eigenvalue weighted by atomic mass is 32.2. The number of benzene rings is 1. The zero-order valence-electron chi connectivity index (χ0n) is 19.9. The van der Waals surface area contributed by atoms with Crippen LogP contribution < -0.4 is 27.3 Å². The number of para-hydroxylation sites is 2. The van der Waals surface area contributed by atoms with E-state index in [1.54, 1.807) is 24.3 Å². The van der Waals surface area contributed by atoms with Crippen molar-refractivity contribution in [3.05, 3.63) is 71.5 Å². The van der Waals surface area contributed by atoms with Gasteiger partial charge in [-0.3, -0.25) is 28.1 Å². The highest BCUT2D eigenvalue weighted by Crippen LogP contribution is 2.37. The van der Waals surface area contributed by atoms with Crippen molar-refractivity contribution in [2.75, 3.05) is 18.6 Å². The average Bonchev–Trinajstić information content (AvgIpc) is 3.46. The highest BCUT2D eigenvalue weighted by Gasteiger charge is 2.26. The Hall–Kier alpha value is -3.64. The van der Waals surface area contributed by atoms with Crippen LogP contribution in [0.25, 0.3) is 15.9 Å². The number of nitrogen functional groups attached to an aromatic ring is 1. The van der Waals surface area contributed by atoms with Crippen LogP contribution in [-0.2, 0) is 26.9 Å². The molecule has 1 aliphatic carbocycles. The predicted molar refractivity (Wildman–Crippen MR) is 140 cm³/mol. The predicted octanol–water partition coefficient (Wildman–Crippen LogP) is 1.90. The van der Waals surface area contributed by atoms with Crippen molar-refractivity contribution in [2.24, 2.45) is 14.1 Å².